The SMILES string of the molecule is CCNC(=NCc1c(CC)noc1CC)NCCCNS(C)(=O)=O.I. The van der Waals surface area contributed by atoms with E-state index in [1.165, 1.54) is 0 Å². The molecule has 0 saturated heterocycles. The molecule has 0 aliphatic heterocycles. The highest BCUT2D eigenvalue weighted by atomic mass is 127. The minimum absolute atomic E-state index is 0. The zero-order valence-electron chi connectivity index (χ0n) is 15.4. The van der Waals surface area contributed by atoms with Gasteiger partial charge in [-0.25, -0.2) is 18.1 Å². The van der Waals surface area contributed by atoms with Crippen molar-refractivity contribution in [3.63, 3.8) is 0 Å². The van der Waals surface area contributed by atoms with E-state index in [4.69, 9.17) is 4.52 Å². The third-order valence-corrected chi connectivity index (χ3v) is 4.09. The lowest BCUT2D eigenvalue weighted by Crippen LogP contribution is -2.38. The van der Waals surface area contributed by atoms with Crippen LogP contribution in [0.25, 0.3) is 0 Å². The van der Waals surface area contributed by atoms with E-state index in [0.29, 0.717) is 32.0 Å². The number of aromatic nitrogens is 1. The Labute approximate surface area is 167 Å². The molecule has 1 rings (SSSR count). The van der Waals surface area contributed by atoms with E-state index in [-0.39, 0.29) is 24.0 Å². The number of hydrogen-bond donors (Lipinski definition) is 3. The maximum absolute atomic E-state index is 11.0. The Kier molecular flexibility index (Phi) is 12.0. The van der Waals surface area contributed by atoms with Gasteiger partial charge < -0.3 is 15.2 Å². The molecule has 146 valence electrons. The van der Waals surface area contributed by atoms with E-state index >= 15 is 0 Å². The van der Waals surface area contributed by atoms with Crippen molar-refractivity contribution in [3.05, 3.63) is 17.0 Å². The maximum Gasteiger partial charge on any atom is 0.208 e. The Balaban J connectivity index is 0.00000576. The van der Waals surface area contributed by atoms with Crippen molar-refractivity contribution in [1.82, 2.24) is 20.5 Å². The van der Waals surface area contributed by atoms with E-state index in [1.807, 2.05) is 20.8 Å². The molecule has 0 fully saturated rings. The number of rotatable bonds is 10. The predicted molar refractivity (Wildman–Crippen MR) is 111 cm³/mol. The van der Waals surface area contributed by atoms with Crippen LogP contribution in [0.4, 0.5) is 0 Å². The van der Waals surface area contributed by atoms with E-state index < -0.39 is 10.0 Å². The fraction of sp³-hybridized carbons (Fsp3) is 0.733. The van der Waals surface area contributed by atoms with Crippen molar-refractivity contribution in [1.29, 1.82) is 0 Å². The number of guanidine groups is 1. The van der Waals surface area contributed by atoms with Crippen LogP contribution in [0.2, 0.25) is 0 Å². The van der Waals surface area contributed by atoms with Crippen LogP contribution in [0.5, 0.6) is 0 Å². The molecule has 0 aliphatic carbocycles. The second-order valence-corrected chi connectivity index (χ2v) is 7.21. The van der Waals surface area contributed by atoms with Crippen LogP contribution < -0.4 is 15.4 Å². The van der Waals surface area contributed by atoms with E-state index in [9.17, 15) is 8.42 Å². The molecule has 0 aromatic carbocycles. The molecule has 8 nitrogen and oxygen atoms in total. The quantitative estimate of drug-likeness (QED) is 0.199. The first-order valence-corrected chi connectivity index (χ1v) is 10.2. The molecule has 0 atom stereocenters. The van der Waals surface area contributed by atoms with Crippen LogP contribution in [-0.2, 0) is 29.4 Å². The van der Waals surface area contributed by atoms with Gasteiger partial charge in [-0.15, -0.1) is 24.0 Å². The van der Waals surface area contributed by atoms with Gasteiger partial charge in [0, 0.05) is 31.6 Å². The van der Waals surface area contributed by atoms with Gasteiger partial charge in [-0.2, -0.15) is 0 Å². The zero-order valence-corrected chi connectivity index (χ0v) is 18.5. The smallest absolute Gasteiger partial charge is 0.208 e. The number of nitrogens with zero attached hydrogens (tertiary/aromatic N) is 2. The summed E-state index contributed by atoms with van der Waals surface area (Å²) >= 11 is 0. The molecule has 25 heavy (non-hydrogen) atoms. The summed E-state index contributed by atoms with van der Waals surface area (Å²) in [6, 6.07) is 0. The summed E-state index contributed by atoms with van der Waals surface area (Å²) in [5, 5.41) is 10.5. The van der Waals surface area contributed by atoms with Gasteiger partial charge in [-0.05, 0) is 19.8 Å². The molecule has 0 bridgehead atoms. The summed E-state index contributed by atoms with van der Waals surface area (Å²) in [6.45, 7) is 8.35. The van der Waals surface area contributed by atoms with Crippen molar-refractivity contribution in [2.45, 2.75) is 46.6 Å². The van der Waals surface area contributed by atoms with Crippen LogP contribution in [-0.4, -0.2) is 45.4 Å². The Morgan fingerprint density at radius 3 is 2.44 bits per heavy atom. The summed E-state index contributed by atoms with van der Waals surface area (Å²) in [6.07, 6.45) is 3.43. The highest BCUT2D eigenvalue weighted by Crippen LogP contribution is 2.16. The fourth-order valence-corrected chi connectivity index (χ4v) is 2.68. The second-order valence-electron chi connectivity index (χ2n) is 5.38. The van der Waals surface area contributed by atoms with Crippen LogP contribution in [0.1, 0.15) is 44.2 Å². The minimum atomic E-state index is -3.13. The molecule has 0 radical (unpaired) electrons. The summed E-state index contributed by atoms with van der Waals surface area (Å²) in [5.41, 5.74) is 2.00. The molecule has 0 amide bonds. The highest BCUT2D eigenvalue weighted by Gasteiger charge is 2.13. The predicted octanol–water partition coefficient (Wildman–Crippen LogP) is 1.41. The number of hydrogen-bond acceptors (Lipinski definition) is 5. The zero-order chi connectivity index (χ0) is 18.0. The van der Waals surface area contributed by atoms with Crippen molar-refractivity contribution in [2.24, 2.45) is 4.99 Å². The van der Waals surface area contributed by atoms with Crippen molar-refractivity contribution in [2.75, 3.05) is 25.9 Å². The Morgan fingerprint density at radius 2 is 1.88 bits per heavy atom. The first kappa shape index (κ1) is 24.1. The fourth-order valence-electron chi connectivity index (χ4n) is 2.17. The van der Waals surface area contributed by atoms with Crippen LogP contribution >= 0.6 is 24.0 Å². The molecule has 10 heteroatoms. The number of halogens is 1. The largest absolute Gasteiger partial charge is 0.361 e. The molecule has 3 N–H and O–H groups in total. The van der Waals surface area contributed by atoms with E-state index in [1.54, 1.807) is 0 Å². The van der Waals surface area contributed by atoms with Crippen molar-refractivity contribution < 1.29 is 12.9 Å². The topological polar surface area (TPSA) is 109 Å². The summed E-state index contributed by atoms with van der Waals surface area (Å²) in [4.78, 5) is 4.58. The van der Waals surface area contributed by atoms with Gasteiger partial charge >= 0.3 is 0 Å². The first-order valence-electron chi connectivity index (χ1n) is 8.34. The third-order valence-electron chi connectivity index (χ3n) is 3.36. The van der Waals surface area contributed by atoms with Crippen LogP contribution in [0.3, 0.4) is 0 Å². The minimum Gasteiger partial charge on any atom is -0.361 e. The number of nitrogens with one attached hydrogen (secondary N) is 3. The average Bonchev–Trinajstić information content (AvgIpc) is 2.93. The third kappa shape index (κ3) is 9.40. The summed E-state index contributed by atoms with van der Waals surface area (Å²) < 4.78 is 29.8. The summed E-state index contributed by atoms with van der Waals surface area (Å²) in [5.74, 6) is 1.57. The number of sulfonamides is 1. The molecule has 0 saturated carbocycles. The van der Waals surface area contributed by atoms with Crippen LogP contribution in [0.15, 0.2) is 9.52 Å². The molecular weight excluding hydrogens is 457 g/mol. The van der Waals surface area contributed by atoms with Crippen molar-refractivity contribution in [3.8, 4) is 0 Å². The second kappa shape index (κ2) is 12.5. The van der Waals surface area contributed by atoms with Gasteiger partial charge in [-0.1, -0.05) is 19.0 Å². The standard InChI is InChI=1S/C15H29N5O3S.HI/c1-5-13-12(14(6-2)23-20-13)11-18-15(16-7-3)17-9-8-10-19-24(4,21)22;/h19H,5-11H2,1-4H3,(H2,16,17,18);1H. The highest BCUT2D eigenvalue weighted by molar-refractivity contribution is 14.0. The van der Waals surface area contributed by atoms with Gasteiger partial charge in [0.1, 0.15) is 5.76 Å². The van der Waals surface area contributed by atoms with Crippen molar-refractivity contribution >= 4 is 40.0 Å². The van der Waals surface area contributed by atoms with E-state index in [0.717, 1.165) is 42.7 Å². The number of aryl methyl sites for hydroxylation is 2. The first-order chi connectivity index (χ1) is 11.4. The van der Waals surface area contributed by atoms with Gasteiger partial charge in [0.25, 0.3) is 0 Å². The molecule has 1 aromatic heterocycles. The molecular formula is C15H30IN5O3S. The molecule has 0 spiro atoms. The molecule has 0 aliphatic rings. The molecule has 0 unspecified atom stereocenters. The van der Waals surface area contributed by atoms with Gasteiger partial charge in [0.05, 0.1) is 18.5 Å². The van der Waals surface area contributed by atoms with Gasteiger partial charge in [0.2, 0.25) is 10.0 Å². The van der Waals surface area contributed by atoms with Gasteiger partial charge in [0.15, 0.2) is 5.96 Å². The molecule has 1 aromatic rings. The van der Waals surface area contributed by atoms with Crippen LogP contribution in [0, 0.1) is 0 Å². The average molecular weight is 487 g/mol. The molecule has 1 heterocycles. The monoisotopic (exact) mass is 487 g/mol. The van der Waals surface area contributed by atoms with Gasteiger partial charge in [-0.3, -0.25) is 0 Å². The number of aliphatic imine (C=N–C) groups is 1. The Hall–Kier alpha value is -0.880. The lowest BCUT2D eigenvalue weighted by atomic mass is 10.1. The lowest BCUT2D eigenvalue weighted by molar-refractivity contribution is 0.380. The maximum atomic E-state index is 11.0. The lowest BCUT2D eigenvalue weighted by Gasteiger charge is -2.11. The Bertz CT molecular complexity index is 610. The normalized spacial score (nSPS) is 11.9. The Morgan fingerprint density at radius 1 is 1.16 bits per heavy atom. The summed E-state index contributed by atoms with van der Waals surface area (Å²) in [7, 11) is -3.13. The van der Waals surface area contributed by atoms with E-state index in [2.05, 4.69) is 25.5 Å².